The fourth-order valence-electron chi connectivity index (χ4n) is 2.72. The number of aromatic nitrogens is 1. The summed E-state index contributed by atoms with van der Waals surface area (Å²) in [6.45, 7) is 2.06. The van der Waals surface area contributed by atoms with Gasteiger partial charge in [0.25, 0.3) is 0 Å². The zero-order valence-electron chi connectivity index (χ0n) is 10.0. The Morgan fingerprint density at radius 1 is 1.24 bits per heavy atom. The molecule has 1 aromatic heterocycles. The van der Waals surface area contributed by atoms with Crippen LogP contribution in [0.4, 0.5) is 0 Å². The number of aliphatic hydroxyl groups is 1. The van der Waals surface area contributed by atoms with Crippen LogP contribution in [0.5, 0.6) is 0 Å². The molecule has 0 aliphatic heterocycles. The third kappa shape index (κ3) is 2.22. The second-order valence-corrected chi connectivity index (χ2v) is 6.20. The molecule has 0 amide bonds. The van der Waals surface area contributed by atoms with Crippen LogP contribution in [0.2, 0.25) is 0 Å². The summed E-state index contributed by atoms with van der Waals surface area (Å²) in [6, 6.07) is 6.64. The van der Waals surface area contributed by atoms with E-state index in [4.69, 9.17) is 0 Å². The van der Waals surface area contributed by atoms with Crippen molar-refractivity contribution in [2.24, 2.45) is 0 Å². The molecule has 1 fully saturated rings. The highest BCUT2D eigenvalue weighted by Gasteiger charge is 2.21. The minimum absolute atomic E-state index is 0.0689. The SMILES string of the molecule is Cc1nc2ccc(C3CCC(O)CC3)cc2s1. The third-order valence-corrected chi connectivity index (χ3v) is 4.62. The van der Waals surface area contributed by atoms with E-state index in [0.29, 0.717) is 5.92 Å². The van der Waals surface area contributed by atoms with E-state index < -0.39 is 0 Å². The first kappa shape index (κ1) is 11.2. The Morgan fingerprint density at radius 2 is 2.00 bits per heavy atom. The van der Waals surface area contributed by atoms with Crippen LogP contribution in [0.15, 0.2) is 18.2 Å². The quantitative estimate of drug-likeness (QED) is 0.835. The summed E-state index contributed by atoms with van der Waals surface area (Å²) in [5, 5.41) is 10.7. The molecule has 2 aromatic rings. The van der Waals surface area contributed by atoms with Gasteiger partial charge in [0.2, 0.25) is 0 Å². The summed E-state index contributed by atoms with van der Waals surface area (Å²) in [7, 11) is 0. The van der Waals surface area contributed by atoms with Gasteiger partial charge < -0.3 is 5.11 Å². The molecule has 1 aliphatic rings. The van der Waals surface area contributed by atoms with Gasteiger partial charge in [-0.3, -0.25) is 0 Å². The minimum Gasteiger partial charge on any atom is -0.393 e. The number of nitrogens with zero attached hydrogens (tertiary/aromatic N) is 1. The summed E-state index contributed by atoms with van der Waals surface area (Å²) in [6.07, 6.45) is 4.06. The van der Waals surface area contributed by atoms with Gasteiger partial charge in [0, 0.05) is 0 Å². The van der Waals surface area contributed by atoms with Gasteiger partial charge in [-0.15, -0.1) is 11.3 Å². The maximum absolute atomic E-state index is 9.54. The van der Waals surface area contributed by atoms with Crippen molar-refractivity contribution >= 4 is 21.6 Å². The van der Waals surface area contributed by atoms with Gasteiger partial charge in [-0.2, -0.15) is 0 Å². The molecule has 1 aromatic carbocycles. The maximum Gasteiger partial charge on any atom is 0.0907 e. The van der Waals surface area contributed by atoms with Crippen molar-refractivity contribution in [3.05, 3.63) is 28.8 Å². The van der Waals surface area contributed by atoms with Crippen LogP contribution >= 0.6 is 11.3 Å². The Kier molecular flexibility index (Phi) is 2.89. The van der Waals surface area contributed by atoms with Crippen molar-refractivity contribution in [1.82, 2.24) is 4.98 Å². The number of aryl methyl sites for hydroxylation is 1. The molecular formula is C14H17NOS. The van der Waals surface area contributed by atoms with Gasteiger partial charge in [-0.25, -0.2) is 4.98 Å². The molecular weight excluding hydrogens is 230 g/mol. The number of aliphatic hydroxyl groups excluding tert-OH is 1. The first-order valence-corrected chi connectivity index (χ1v) is 7.09. The predicted octanol–water partition coefficient (Wildman–Crippen LogP) is 3.62. The Balaban J connectivity index is 1.89. The molecule has 17 heavy (non-hydrogen) atoms. The van der Waals surface area contributed by atoms with E-state index in [1.165, 1.54) is 10.3 Å². The Labute approximate surface area is 105 Å². The van der Waals surface area contributed by atoms with E-state index >= 15 is 0 Å². The molecule has 3 rings (SSSR count). The number of rotatable bonds is 1. The van der Waals surface area contributed by atoms with E-state index in [-0.39, 0.29) is 6.10 Å². The Hall–Kier alpha value is -0.930. The molecule has 0 spiro atoms. The molecule has 0 unspecified atom stereocenters. The average molecular weight is 247 g/mol. The van der Waals surface area contributed by atoms with Crippen LogP contribution in [0.25, 0.3) is 10.2 Å². The predicted molar refractivity (Wildman–Crippen MR) is 71.6 cm³/mol. The lowest BCUT2D eigenvalue weighted by Gasteiger charge is -2.25. The summed E-state index contributed by atoms with van der Waals surface area (Å²) in [5.41, 5.74) is 2.54. The number of fused-ring (bicyclic) bond motifs is 1. The van der Waals surface area contributed by atoms with Crippen molar-refractivity contribution in [1.29, 1.82) is 0 Å². The van der Waals surface area contributed by atoms with Gasteiger partial charge in [0.15, 0.2) is 0 Å². The Morgan fingerprint density at radius 3 is 2.76 bits per heavy atom. The summed E-state index contributed by atoms with van der Waals surface area (Å²) in [5.74, 6) is 0.630. The molecule has 90 valence electrons. The van der Waals surface area contributed by atoms with E-state index in [0.717, 1.165) is 36.2 Å². The van der Waals surface area contributed by atoms with E-state index in [1.807, 2.05) is 0 Å². The molecule has 1 saturated carbocycles. The highest BCUT2D eigenvalue weighted by Crippen LogP contribution is 2.35. The molecule has 2 nitrogen and oxygen atoms in total. The minimum atomic E-state index is -0.0689. The number of benzene rings is 1. The molecule has 1 heterocycles. The fourth-order valence-corrected chi connectivity index (χ4v) is 3.60. The molecule has 0 bridgehead atoms. The molecule has 1 aliphatic carbocycles. The number of thiazole rings is 1. The first-order valence-electron chi connectivity index (χ1n) is 6.27. The van der Waals surface area contributed by atoms with Crippen molar-refractivity contribution in [2.45, 2.75) is 44.6 Å². The zero-order valence-corrected chi connectivity index (χ0v) is 10.8. The third-order valence-electron chi connectivity index (χ3n) is 3.69. The molecule has 0 atom stereocenters. The highest BCUT2D eigenvalue weighted by molar-refractivity contribution is 7.18. The lowest BCUT2D eigenvalue weighted by Crippen LogP contribution is -2.16. The topological polar surface area (TPSA) is 33.1 Å². The van der Waals surface area contributed by atoms with Crippen LogP contribution in [0.3, 0.4) is 0 Å². The summed E-state index contributed by atoms with van der Waals surface area (Å²) >= 11 is 1.77. The first-order chi connectivity index (χ1) is 8.22. The maximum atomic E-state index is 9.54. The molecule has 0 radical (unpaired) electrons. The van der Waals surface area contributed by atoms with Crippen LogP contribution < -0.4 is 0 Å². The van der Waals surface area contributed by atoms with E-state index in [1.54, 1.807) is 11.3 Å². The summed E-state index contributed by atoms with van der Waals surface area (Å²) in [4.78, 5) is 4.49. The van der Waals surface area contributed by atoms with Crippen molar-refractivity contribution in [3.8, 4) is 0 Å². The number of hydrogen-bond acceptors (Lipinski definition) is 3. The van der Waals surface area contributed by atoms with Gasteiger partial charge in [-0.05, 0) is 56.2 Å². The summed E-state index contributed by atoms with van der Waals surface area (Å²) < 4.78 is 1.30. The second-order valence-electron chi connectivity index (χ2n) is 4.97. The highest BCUT2D eigenvalue weighted by atomic mass is 32.1. The average Bonchev–Trinajstić information content (AvgIpc) is 2.69. The molecule has 0 saturated heterocycles. The second kappa shape index (κ2) is 4.39. The Bertz CT molecular complexity index is 526. The van der Waals surface area contributed by atoms with Crippen LogP contribution in [-0.4, -0.2) is 16.2 Å². The van der Waals surface area contributed by atoms with E-state index in [9.17, 15) is 5.11 Å². The van der Waals surface area contributed by atoms with Crippen molar-refractivity contribution < 1.29 is 5.11 Å². The zero-order chi connectivity index (χ0) is 11.8. The fraction of sp³-hybridized carbons (Fsp3) is 0.500. The van der Waals surface area contributed by atoms with Crippen LogP contribution in [-0.2, 0) is 0 Å². The van der Waals surface area contributed by atoms with Crippen molar-refractivity contribution in [3.63, 3.8) is 0 Å². The lowest BCUT2D eigenvalue weighted by atomic mass is 9.83. The smallest absolute Gasteiger partial charge is 0.0907 e. The van der Waals surface area contributed by atoms with Gasteiger partial charge >= 0.3 is 0 Å². The largest absolute Gasteiger partial charge is 0.393 e. The van der Waals surface area contributed by atoms with Crippen molar-refractivity contribution in [2.75, 3.05) is 0 Å². The molecule has 1 N–H and O–H groups in total. The van der Waals surface area contributed by atoms with Gasteiger partial charge in [0.1, 0.15) is 0 Å². The van der Waals surface area contributed by atoms with Gasteiger partial charge in [-0.1, -0.05) is 6.07 Å². The molecule has 3 heteroatoms. The lowest BCUT2D eigenvalue weighted by molar-refractivity contribution is 0.122. The van der Waals surface area contributed by atoms with Crippen LogP contribution in [0, 0.1) is 6.92 Å². The van der Waals surface area contributed by atoms with Crippen LogP contribution in [0.1, 0.15) is 42.2 Å². The normalized spacial score (nSPS) is 25.3. The standard InChI is InChI=1S/C14H17NOS/c1-9-15-13-7-4-11(8-14(13)17-9)10-2-5-12(16)6-3-10/h4,7-8,10,12,16H,2-3,5-6H2,1H3. The number of hydrogen-bond donors (Lipinski definition) is 1. The van der Waals surface area contributed by atoms with Gasteiger partial charge in [0.05, 0.1) is 21.3 Å². The van der Waals surface area contributed by atoms with E-state index in [2.05, 4.69) is 30.1 Å². The monoisotopic (exact) mass is 247 g/mol.